The Morgan fingerprint density at radius 3 is 2.02 bits per heavy atom. The summed E-state index contributed by atoms with van der Waals surface area (Å²) >= 11 is 6.00. The fourth-order valence-electron chi connectivity index (χ4n) is 2.63. The maximum absolute atomic E-state index is 13.4. The molecule has 0 atom stereocenters. The number of aromatic nitrogens is 2. The zero-order valence-electron chi connectivity index (χ0n) is 21.5. The molecule has 1 aromatic carbocycles. The van der Waals surface area contributed by atoms with Crippen molar-refractivity contribution in [2.45, 2.75) is 46.7 Å². The lowest BCUT2D eigenvalue weighted by molar-refractivity contribution is -0.193. The average Bonchev–Trinajstić information content (AvgIpc) is 3.47. The number of halogens is 7. The Kier molecular flexibility index (Phi) is 12.6. The molecule has 3 rings (SSSR count). The third-order valence-electron chi connectivity index (χ3n) is 4.55. The molecule has 0 amide bonds. The number of sulfone groups is 1. The van der Waals surface area contributed by atoms with Crippen molar-refractivity contribution in [3.8, 4) is 0 Å². The van der Waals surface area contributed by atoms with Crippen molar-refractivity contribution in [1.82, 2.24) is 9.55 Å². The number of fused-ring (bicyclic) bond motifs is 1. The van der Waals surface area contributed by atoms with Crippen LogP contribution in [0.4, 0.5) is 26.3 Å². The van der Waals surface area contributed by atoms with E-state index in [0.29, 0.717) is 25.6 Å². The van der Waals surface area contributed by atoms with Crippen molar-refractivity contribution in [3.63, 3.8) is 0 Å². The Morgan fingerprint density at radius 2 is 1.62 bits per heavy atom. The van der Waals surface area contributed by atoms with Gasteiger partial charge < -0.3 is 20.5 Å². The van der Waals surface area contributed by atoms with Gasteiger partial charge in [0.2, 0.25) is 9.84 Å². The summed E-state index contributed by atoms with van der Waals surface area (Å²) in [5.41, 5.74) is 8.17. The van der Waals surface area contributed by atoms with E-state index in [9.17, 15) is 34.8 Å². The van der Waals surface area contributed by atoms with Gasteiger partial charge in [0.15, 0.2) is 0 Å². The first-order valence-electron chi connectivity index (χ1n) is 10.7. The van der Waals surface area contributed by atoms with Gasteiger partial charge in [0.05, 0.1) is 30.7 Å². The summed E-state index contributed by atoms with van der Waals surface area (Å²) in [4.78, 5) is 23.0. The second kappa shape index (κ2) is 14.4. The highest BCUT2D eigenvalue weighted by Gasteiger charge is 2.38. The molecule has 2 aromatic heterocycles. The van der Waals surface area contributed by atoms with Crippen LogP contribution in [0.2, 0.25) is 0 Å². The molecule has 20 heteroatoms. The number of carboxylic acids is 2. The predicted molar refractivity (Wildman–Crippen MR) is 147 cm³/mol. The Labute approximate surface area is 250 Å². The van der Waals surface area contributed by atoms with Gasteiger partial charge in [-0.25, -0.2) is 23.0 Å². The van der Waals surface area contributed by atoms with Crippen molar-refractivity contribution < 1.29 is 54.6 Å². The number of nitrogens with two attached hydrogens (primary N) is 1. The molecule has 0 radical (unpaired) electrons. The van der Waals surface area contributed by atoms with Gasteiger partial charge >= 0.3 is 24.3 Å². The van der Waals surface area contributed by atoms with Crippen molar-refractivity contribution in [2.75, 3.05) is 6.26 Å². The van der Waals surface area contributed by atoms with Crippen molar-refractivity contribution in [1.29, 1.82) is 5.41 Å². The SMILES string of the molecule is CSc1sc(C(=N)N)cc1S(=O)(=O)c1cc(Br)c2ncn(CC=C(C)C)c2c1.O=C(O)C(F)(F)F.O=C(O)C(F)(F)F. The van der Waals surface area contributed by atoms with Gasteiger partial charge in [0, 0.05) is 11.0 Å². The number of aliphatic carboxylic acids is 2. The maximum Gasteiger partial charge on any atom is 0.490 e. The number of hydrogen-bond acceptors (Lipinski definition) is 8. The van der Waals surface area contributed by atoms with Gasteiger partial charge in [-0.05, 0) is 54.2 Å². The number of benzene rings is 1. The number of nitrogen functional groups attached to an aromatic ring is 1. The van der Waals surface area contributed by atoms with Crippen LogP contribution in [0.3, 0.4) is 0 Å². The molecule has 232 valence electrons. The van der Waals surface area contributed by atoms with E-state index < -0.39 is 34.1 Å². The number of imidazole rings is 1. The minimum Gasteiger partial charge on any atom is -0.475 e. The van der Waals surface area contributed by atoms with E-state index in [-0.39, 0.29) is 15.6 Å². The first-order chi connectivity index (χ1) is 19.0. The van der Waals surface area contributed by atoms with E-state index >= 15 is 0 Å². The fourth-order valence-corrected chi connectivity index (χ4v) is 7.23. The first kappa shape index (κ1) is 36.9. The minimum atomic E-state index is -5.08. The third kappa shape index (κ3) is 10.0. The van der Waals surface area contributed by atoms with E-state index in [1.165, 1.54) is 34.7 Å². The molecular formula is C22H21BrF6N4O6S3. The molecule has 0 bridgehead atoms. The van der Waals surface area contributed by atoms with Crippen LogP contribution in [0.25, 0.3) is 11.0 Å². The summed E-state index contributed by atoms with van der Waals surface area (Å²) in [5, 5.41) is 21.9. The first-order valence-corrected chi connectivity index (χ1v) is 15.0. The predicted octanol–water partition coefficient (Wildman–Crippen LogP) is 5.93. The number of amidine groups is 1. The highest BCUT2D eigenvalue weighted by molar-refractivity contribution is 9.10. The van der Waals surface area contributed by atoms with Crippen molar-refractivity contribution in [3.05, 3.63) is 45.5 Å². The summed E-state index contributed by atoms with van der Waals surface area (Å²) in [5.74, 6) is -5.65. The molecule has 0 aliphatic heterocycles. The number of rotatable bonds is 6. The van der Waals surface area contributed by atoms with E-state index in [0.717, 1.165) is 5.52 Å². The summed E-state index contributed by atoms with van der Waals surface area (Å²) < 4.78 is 93.3. The van der Waals surface area contributed by atoms with Gasteiger partial charge in [-0.2, -0.15) is 26.3 Å². The van der Waals surface area contributed by atoms with Gasteiger partial charge in [-0.15, -0.1) is 23.1 Å². The van der Waals surface area contributed by atoms with Crippen LogP contribution in [0, 0.1) is 5.41 Å². The molecule has 0 unspecified atom stereocenters. The number of carboxylic acid groups (broad SMARTS) is 2. The molecule has 0 fully saturated rings. The van der Waals surface area contributed by atoms with Crippen LogP contribution in [-0.4, -0.2) is 64.6 Å². The van der Waals surface area contributed by atoms with Crippen LogP contribution in [0.1, 0.15) is 18.7 Å². The molecule has 2 heterocycles. The molecule has 0 saturated heterocycles. The number of thioether (sulfide) groups is 1. The Hall–Kier alpha value is -3.10. The monoisotopic (exact) mass is 726 g/mol. The molecular weight excluding hydrogens is 706 g/mol. The van der Waals surface area contributed by atoms with Crippen LogP contribution in [0.15, 0.2) is 54.6 Å². The second-order valence-corrected chi connectivity index (χ2v) is 12.8. The van der Waals surface area contributed by atoms with E-state index in [1.807, 2.05) is 24.7 Å². The Balaban J connectivity index is 0.000000522. The normalized spacial score (nSPS) is 11.6. The number of allylic oxidation sites excluding steroid dienone is 2. The van der Waals surface area contributed by atoms with Gasteiger partial charge in [0.1, 0.15) is 11.4 Å². The van der Waals surface area contributed by atoms with Crippen LogP contribution >= 0.6 is 39.0 Å². The van der Waals surface area contributed by atoms with Crippen molar-refractivity contribution >= 4 is 77.7 Å². The summed E-state index contributed by atoms with van der Waals surface area (Å²) in [7, 11) is -3.78. The van der Waals surface area contributed by atoms with E-state index in [1.54, 1.807) is 18.5 Å². The molecule has 10 nitrogen and oxygen atoms in total. The van der Waals surface area contributed by atoms with E-state index in [4.69, 9.17) is 30.9 Å². The molecule has 3 aromatic rings. The largest absolute Gasteiger partial charge is 0.490 e. The van der Waals surface area contributed by atoms with Crippen LogP contribution in [0.5, 0.6) is 0 Å². The number of thiophene rings is 1. The zero-order chi connectivity index (χ0) is 32.8. The number of carbonyl (C=O) groups is 2. The van der Waals surface area contributed by atoms with Gasteiger partial charge in [-0.3, -0.25) is 5.41 Å². The molecule has 0 aliphatic rings. The lowest BCUT2D eigenvalue weighted by Crippen LogP contribution is -2.21. The van der Waals surface area contributed by atoms with E-state index in [2.05, 4.69) is 27.0 Å². The molecule has 0 aliphatic carbocycles. The smallest absolute Gasteiger partial charge is 0.475 e. The number of alkyl halides is 6. The lowest BCUT2D eigenvalue weighted by Gasteiger charge is -2.08. The van der Waals surface area contributed by atoms with Crippen molar-refractivity contribution in [2.24, 2.45) is 5.73 Å². The number of nitrogens with one attached hydrogen (secondary N) is 1. The maximum atomic E-state index is 13.4. The minimum absolute atomic E-state index is 0.141. The molecule has 0 saturated carbocycles. The zero-order valence-corrected chi connectivity index (χ0v) is 25.5. The average molecular weight is 728 g/mol. The lowest BCUT2D eigenvalue weighted by atomic mass is 10.3. The highest BCUT2D eigenvalue weighted by Crippen LogP contribution is 2.38. The third-order valence-corrected chi connectivity index (χ3v) is 9.47. The summed E-state index contributed by atoms with van der Waals surface area (Å²) in [6.45, 7) is 4.63. The van der Waals surface area contributed by atoms with Gasteiger partial charge in [-0.1, -0.05) is 11.6 Å². The van der Waals surface area contributed by atoms with Crippen LogP contribution in [-0.2, 0) is 26.0 Å². The summed E-state index contributed by atoms with van der Waals surface area (Å²) in [6.07, 6.45) is -4.60. The standard InChI is InChI=1S/C18H19BrN4O2S3.2C2HF3O2/c1-10(2)4-5-23-9-22-16-12(19)6-11(7-13(16)23)28(24,25)15-8-14(17(20)21)27-18(15)26-3;2*3-2(4,5)1(6)7/h4,6-9H,5H2,1-3H3,(H3,20,21);2*(H,6,7). The highest BCUT2D eigenvalue weighted by atomic mass is 79.9. The topological polar surface area (TPSA) is 176 Å². The number of nitrogens with zero attached hydrogens (tertiary/aromatic N) is 2. The molecule has 42 heavy (non-hydrogen) atoms. The fraction of sp³-hybridized carbons (Fsp3) is 0.273. The quantitative estimate of drug-likeness (QED) is 0.0788. The number of hydrogen-bond donors (Lipinski definition) is 4. The Morgan fingerprint density at radius 1 is 1.12 bits per heavy atom. The molecule has 0 spiro atoms. The van der Waals surface area contributed by atoms with Gasteiger partial charge in [0.25, 0.3) is 0 Å². The summed E-state index contributed by atoms with van der Waals surface area (Å²) in [6, 6.07) is 4.70. The van der Waals surface area contributed by atoms with Crippen LogP contribution < -0.4 is 5.73 Å². The second-order valence-electron chi connectivity index (χ2n) is 7.94. The molecule has 5 N–H and O–H groups in total. The Bertz CT molecular complexity index is 1590.